The largest absolute Gasteiger partial charge is 0.444 e. The van der Waals surface area contributed by atoms with E-state index in [-0.39, 0.29) is 134 Å². The van der Waals surface area contributed by atoms with Gasteiger partial charge in [0.2, 0.25) is 41.1 Å². The molecule has 2 aliphatic rings. The SMILES string of the molecule is Cn1cc(NC(=O)c2nc(NC(=O)CCNC(=O)c3cc(NC(=O)c4nccn4C)cn3C)cn2C)cc1C(=O)NCCCC(=O)Nc1cn(C)c(C(=O)NCCC(=O)Nc2cc(C(=O)Nc3cn(C)c(C(=O)NCCC(=O)N4CCC(CN5CCN(C(=O)OC(C)(C)C)CC5)CC4)n3)n(C)c2)n1. The number of piperazine rings is 1. The van der Waals surface area contributed by atoms with Crippen LogP contribution >= 0.6 is 0 Å². The number of carbonyl (C=O) groups excluding carboxylic acids is 12. The molecule has 7 aromatic heterocycles. The fourth-order valence-corrected chi connectivity index (χ4v) is 11.5. The first-order chi connectivity index (χ1) is 48.9. The Morgan fingerprint density at radius 3 is 1.35 bits per heavy atom. The zero-order chi connectivity index (χ0) is 74.4. The Morgan fingerprint density at radius 1 is 0.427 bits per heavy atom. The van der Waals surface area contributed by atoms with Gasteiger partial charge in [-0.05, 0) is 64.2 Å². The molecule has 0 bridgehead atoms. The summed E-state index contributed by atoms with van der Waals surface area (Å²) in [5.74, 6) is -4.39. The number of imidazole rings is 4. The Morgan fingerprint density at radius 2 is 0.854 bits per heavy atom. The highest BCUT2D eigenvalue weighted by molar-refractivity contribution is 6.06. The number of rotatable bonds is 28. The van der Waals surface area contributed by atoms with Gasteiger partial charge in [0.05, 0.1) is 17.1 Å². The van der Waals surface area contributed by atoms with Crippen molar-refractivity contribution >= 4 is 106 Å². The number of carbonyl (C=O) groups is 12. The van der Waals surface area contributed by atoms with Crippen molar-refractivity contribution in [3.8, 4) is 0 Å². The molecule has 2 saturated heterocycles. The molecule has 0 radical (unpaired) electrons. The van der Waals surface area contributed by atoms with Crippen LogP contribution in [0.25, 0.3) is 0 Å². The molecular formula is C66H88N24O13. The van der Waals surface area contributed by atoms with Gasteiger partial charge in [-0.15, -0.1) is 0 Å². The first kappa shape index (κ1) is 75.3. The normalized spacial score (nSPS) is 13.4. The maximum absolute atomic E-state index is 13.4. The summed E-state index contributed by atoms with van der Waals surface area (Å²) >= 11 is 0. The van der Waals surface area contributed by atoms with Crippen molar-refractivity contribution in [2.24, 2.45) is 55.3 Å². The van der Waals surface area contributed by atoms with Crippen molar-refractivity contribution in [1.82, 2.24) is 87.9 Å². The van der Waals surface area contributed by atoms with Gasteiger partial charge in [0.15, 0.2) is 23.3 Å². The molecular weight excluding hydrogens is 1340 g/mol. The number of aromatic nitrogens is 11. The summed E-state index contributed by atoms with van der Waals surface area (Å²) in [5, 5.41) is 26.8. The first-order valence-corrected chi connectivity index (χ1v) is 33.4. The minimum Gasteiger partial charge on any atom is -0.444 e. The van der Waals surface area contributed by atoms with Gasteiger partial charge < -0.3 is 99.7 Å². The average Bonchev–Trinajstić information content (AvgIpc) is 1.73. The number of likely N-dealkylation sites (tertiary alicyclic amines) is 1. The van der Waals surface area contributed by atoms with E-state index >= 15 is 0 Å². The van der Waals surface area contributed by atoms with E-state index in [4.69, 9.17) is 4.74 Å². The molecule has 0 atom stereocenters. The quantitative estimate of drug-likeness (QED) is 0.0313. The van der Waals surface area contributed by atoms with E-state index in [1.54, 1.807) is 71.2 Å². The fourth-order valence-electron chi connectivity index (χ4n) is 11.5. The Hall–Kier alpha value is -11.9. The summed E-state index contributed by atoms with van der Waals surface area (Å²) in [4.78, 5) is 179. The van der Waals surface area contributed by atoms with E-state index in [9.17, 15) is 57.5 Å². The molecule has 12 amide bonds. The minimum atomic E-state index is -0.635. The maximum Gasteiger partial charge on any atom is 0.410 e. The first-order valence-electron chi connectivity index (χ1n) is 33.4. The van der Waals surface area contributed by atoms with Gasteiger partial charge in [-0.1, -0.05) is 0 Å². The van der Waals surface area contributed by atoms with Crippen molar-refractivity contribution in [2.75, 3.05) is 104 Å². The van der Waals surface area contributed by atoms with E-state index in [0.717, 1.165) is 32.5 Å². The summed E-state index contributed by atoms with van der Waals surface area (Å²) in [6.07, 6.45) is 13.6. The molecule has 2 aliphatic heterocycles. The van der Waals surface area contributed by atoms with E-state index in [1.807, 2.05) is 25.7 Å². The van der Waals surface area contributed by atoms with Gasteiger partial charge in [0.1, 0.15) is 22.7 Å². The third kappa shape index (κ3) is 20.6. The molecule has 550 valence electrons. The molecule has 0 aliphatic carbocycles. The molecule has 9 rings (SSSR count). The fraction of sp³-hybridized carbons (Fsp3) is 0.455. The Labute approximate surface area is 592 Å². The molecule has 103 heavy (non-hydrogen) atoms. The van der Waals surface area contributed by atoms with Gasteiger partial charge in [-0.3, -0.25) is 57.6 Å². The number of aryl methyl sites for hydroxylation is 7. The van der Waals surface area contributed by atoms with Crippen molar-refractivity contribution in [3.63, 3.8) is 0 Å². The third-order valence-corrected chi connectivity index (χ3v) is 16.8. The summed E-state index contributed by atoms with van der Waals surface area (Å²) in [6, 6.07) is 4.40. The van der Waals surface area contributed by atoms with Crippen LogP contribution in [0.2, 0.25) is 0 Å². The van der Waals surface area contributed by atoms with E-state index < -0.39 is 64.7 Å². The van der Waals surface area contributed by atoms with Crippen LogP contribution in [0.15, 0.2) is 67.8 Å². The van der Waals surface area contributed by atoms with Gasteiger partial charge >= 0.3 is 6.09 Å². The van der Waals surface area contributed by atoms with Crippen molar-refractivity contribution in [3.05, 3.63) is 108 Å². The molecule has 37 heteroatoms. The lowest BCUT2D eigenvalue weighted by Gasteiger charge is -2.39. The summed E-state index contributed by atoms with van der Waals surface area (Å²) in [6.45, 7) is 10.6. The molecule has 9 heterocycles. The van der Waals surface area contributed by atoms with Crippen LogP contribution in [-0.4, -0.2) is 215 Å². The highest BCUT2D eigenvalue weighted by Crippen LogP contribution is 2.23. The lowest BCUT2D eigenvalue weighted by molar-refractivity contribution is -0.132. The zero-order valence-corrected chi connectivity index (χ0v) is 59.2. The predicted octanol–water partition coefficient (Wildman–Crippen LogP) is 1.97. The number of hydrogen-bond donors (Lipinski definition) is 10. The van der Waals surface area contributed by atoms with E-state index in [2.05, 4.69) is 78.0 Å². The highest BCUT2D eigenvalue weighted by atomic mass is 16.6. The summed E-state index contributed by atoms with van der Waals surface area (Å²) < 4.78 is 15.9. The molecule has 7 aromatic rings. The highest BCUT2D eigenvalue weighted by Gasteiger charge is 2.30. The number of amides is 12. The number of hydrogen-bond acceptors (Lipinski definition) is 18. The third-order valence-electron chi connectivity index (χ3n) is 16.8. The Balaban J connectivity index is 0.619. The zero-order valence-electron chi connectivity index (χ0n) is 59.2. The molecule has 37 nitrogen and oxygen atoms in total. The average molecular weight is 1430 g/mol. The number of nitrogens with one attached hydrogen (secondary N) is 10. The smallest absolute Gasteiger partial charge is 0.410 e. The topological polar surface area (TPSA) is 430 Å². The van der Waals surface area contributed by atoms with Crippen LogP contribution in [-0.2, 0) is 73.2 Å². The lowest BCUT2D eigenvalue weighted by Crippen LogP contribution is -2.51. The van der Waals surface area contributed by atoms with Gasteiger partial charge in [0.25, 0.3) is 41.4 Å². The van der Waals surface area contributed by atoms with Crippen LogP contribution in [0.5, 0.6) is 0 Å². The predicted molar refractivity (Wildman–Crippen MR) is 375 cm³/mol. The molecule has 0 aromatic carbocycles. The van der Waals surface area contributed by atoms with Gasteiger partial charge in [-0.25, -0.2) is 24.7 Å². The Bertz CT molecular complexity index is 4330. The molecule has 2 fully saturated rings. The molecule has 0 spiro atoms. The van der Waals surface area contributed by atoms with E-state index in [1.165, 1.54) is 82.8 Å². The number of anilines is 6. The molecule has 0 unspecified atom stereocenters. The van der Waals surface area contributed by atoms with Crippen molar-refractivity contribution in [1.29, 1.82) is 0 Å². The van der Waals surface area contributed by atoms with Crippen LogP contribution in [0, 0.1) is 5.92 Å². The van der Waals surface area contributed by atoms with E-state index in [0.29, 0.717) is 43.5 Å². The number of piperidine rings is 1. The molecule has 0 saturated carbocycles. The van der Waals surface area contributed by atoms with Gasteiger partial charge in [0, 0.05) is 197 Å². The second kappa shape index (κ2) is 33.5. The van der Waals surface area contributed by atoms with Crippen LogP contribution in [0.3, 0.4) is 0 Å². The minimum absolute atomic E-state index is 0.0158. The number of nitrogens with zero attached hydrogens (tertiary/aromatic N) is 14. The van der Waals surface area contributed by atoms with Crippen LogP contribution in [0.4, 0.5) is 39.3 Å². The lowest BCUT2D eigenvalue weighted by atomic mass is 9.95. The standard InChI is InChI=1S/C66H88N24O13/c1-66(2,3)103-65(102)90-28-26-88(27-29-90)33-40-16-23-89(24-17-40)53(94)15-21-71-62(99)56-79-49(39-86(56)9)80-60(97)46-30-41(34-84(46)7)72-51(92)13-20-70-61(98)55-77-47(37-85(55)8)75-50(91)12-11-18-68-58(95)44-32-43(36-82(44)5)74-64(101)57-78-48(38-87(57)10)76-52(93)14-19-69-59(96)45-31-42(35-83(45)6)73-63(100)54-67-22-25-81(54)4/h22,25,30-32,34-40H,11-21,23-24,26-29,33H2,1-10H3,(H,68,95)(H,69,96)(H,70,98)(H,71,99)(H,72,92)(H,73,100)(H,74,101)(H,75,91)(H,76,93)(H,80,97). The second-order valence-electron chi connectivity index (χ2n) is 26.2. The maximum atomic E-state index is 13.4. The van der Waals surface area contributed by atoms with Crippen LogP contribution in [0.1, 0.15) is 140 Å². The van der Waals surface area contributed by atoms with Crippen molar-refractivity contribution in [2.45, 2.75) is 71.3 Å². The summed E-state index contributed by atoms with van der Waals surface area (Å²) in [7, 11) is 11.2. The summed E-state index contributed by atoms with van der Waals surface area (Å²) in [5.41, 5.74) is 1.02. The van der Waals surface area contributed by atoms with Crippen molar-refractivity contribution < 1.29 is 62.3 Å². The second-order valence-corrected chi connectivity index (χ2v) is 26.2. The number of ether oxygens (including phenoxy) is 1. The van der Waals surface area contributed by atoms with Crippen LogP contribution < -0.4 is 53.2 Å². The monoisotopic (exact) mass is 1420 g/mol. The Kier molecular flexibility index (Phi) is 24.5. The van der Waals surface area contributed by atoms with Gasteiger partial charge in [-0.2, -0.15) is 0 Å². The molecule has 10 N–H and O–H groups in total.